The Labute approximate surface area is 127 Å². The van der Waals surface area contributed by atoms with Crippen LogP contribution in [-0.4, -0.2) is 24.0 Å². The van der Waals surface area contributed by atoms with Crippen LogP contribution in [0.1, 0.15) is 13.8 Å². The molecule has 0 aliphatic carbocycles. The minimum Gasteiger partial charge on any atom is -0.205 e. The van der Waals surface area contributed by atoms with Crippen LogP contribution in [0.5, 0.6) is 0 Å². The monoisotopic (exact) mass is 322 g/mol. The molecule has 1 atom stereocenters. The zero-order valence-corrected chi connectivity index (χ0v) is 13.1. The van der Waals surface area contributed by atoms with Gasteiger partial charge in [-0.25, -0.2) is 8.42 Å². The van der Waals surface area contributed by atoms with Crippen LogP contribution in [0, 0.1) is 17.2 Å². The average molecular weight is 322 g/mol. The van der Waals surface area contributed by atoms with E-state index in [1.807, 2.05) is 24.3 Å². The van der Waals surface area contributed by atoms with E-state index in [1.165, 1.54) is 0 Å². The lowest BCUT2D eigenvalue weighted by Crippen LogP contribution is -2.37. The van der Waals surface area contributed by atoms with Gasteiger partial charge in [0.2, 0.25) is 5.03 Å². The van der Waals surface area contributed by atoms with E-state index in [9.17, 15) is 8.42 Å². The van der Waals surface area contributed by atoms with Crippen LogP contribution in [0.25, 0.3) is 10.4 Å². The van der Waals surface area contributed by atoms with Gasteiger partial charge in [0.25, 0.3) is 10.0 Å². The van der Waals surface area contributed by atoms with Crippen LogP contribution >= 0.6 is 11.5 Å². The molecule has 0 aliphatic heterocycles. The third kappa shape index (κ3) is 3.44. The molecule has 0 radical (unpaired) electrons. The summed E-state index contributed by atoms with van der Waals surface area (Å²) in [4.78, 5) is 0.462. The Bertz CT molecular complexity index is 748. The van der Waals surface area contributed by atoms with E-state index in [0.29, 0.717) is 4.88 Å². The molecule has 1 N–H and O–H groups in total. The summed E-state index contributed by atoms with van der Waals surface area (Å²) in [6, 6.07) is 10.2. The van der Waals surface area contributed by atoms with Crippen molar-refractivity contribution in [2.75, 3.05) is 0 Å². The maximum absolute atomic E-state index is 12.4. The normalized spacial score (nSPS) is 13.0. The van der Waals surface area contributed by atoms with Crippen LogP contribution in [0.4, 0.5) is 0 Å². The second-order valence-corrected chi connectivity index (χ2v) is 7.13. The van der Waals surface area contributed by atoms with Crippen molar-refractivity contribution >= 4 is 21.6 Å². The second-order valence-electron chi connectivity index (χ2n) is 4.75. The molecule has 0 saturated carbocycles. The topological polar surface area (TPSA) is 95.7 Å². The molecule has 0 aliphatic rings. The zero-order chi connectivity index (χ0) is 15.5. The summed E-state index contributed by atoms with van der Waals surface area (Å²) in [6.45, 7) is 3.54. The first-order valence-electron chi connectivity index (χ1n) is 6.25. The van der Waals surface area contributed by atoms with Crippen molar-refractivity contribution in [2.24, 2.45) is 5.92 Å². The number of benzene rings is 1. The molecule has 110 valence electrons. The van der Waals surface area contributed by atoms with Crippen molar-refractivity contribution in [3.05, 3.63) is 30.3 Å². The molecule has 2 rings (SSSR count). The predicted octanol–water partition coefficient (Wildman–Crippen LogP) is 2.03. The lowest BCUT2D eigenvalue weighted by molar-refractivity contribution is 0.513. The first-order valence-corrected chi connectivity index (χ1v) is 8.51. The number of hydrogen-bond donors (Lipinski definition) is 1. The molecule has 1 aromatic heterocycles. The Balaban J connectivity index is 2.39. The van der Waals surface area contributed by atoms with Crippen molar-refractivity contribution in [2.45, 2.75) is 24.9 Å². The van der Waals surface area contributed by atoms with Gasteiger partial charge in [0.1, 0.15) is 6.04 Å². The zero-order valence-electron chi connectivity index (χ0n) is 11.5. The van der Waals surface area contributed by atoms with Gasteiger partial charge < -0.3 is 0 Å². The van der Waals surface area contributed by atoms with E-state index >= 15 is 0 Å². The number of nitriles is 1. The third-order valence-corrected chi connectivity index (χ3v) is 5.10. The minimum absolute atomic E-state index is 0.139. The number of hydrogen-bond acceptors (Lipinski definition) is 6. The van der Waals surface area contributed by atoms with Gasteiger partial charge in [-0.2, -0.15) is 9.98 Å². The SMILES string of the molecule is CC(C)[C@H](C#N)NS(=O)(=O)c1nnsc1-c1ccccc1. The fourth-order valence-electron chi connectivity index (χ4n) is 1.66. The number of aromatic nitrogens is 2. The van der Waals surface area contributed by atoms with Gasteiger partial charge in [-0.1, -0.05) is 48.7 Å². The molecule has 0 spiro atoms. The average Bonchev–Trinajstić information content (AvgIpc) is 2.96. The van der Waals surface area contributed by atoms with Crippen molar-refractivity contribution in [3.63, 3.8) is 0 Å². The molecule has 6 nitrogen and oxygen atoms in total. The minimum atomic E-state index is -3.89. The van der Waals surface area contributed by atoms with Crippen LogP contribution in [0.2, 0.25) is 0 Å². The molecular formula is C13H14N4O2S2. The molecule has 0 unspecified atom stereocenters. The number of sulfonamides is 1. The first kappa shape index (κ1) is 15.6. The van der Waals surface area contributed by atoms with Crippen LogP contribution in [-0.2, 0) is 10.0 Å². The van der Waals surface area contributed by atoms with E-state index in [2.05, 4.69) is 14.3 Å². The maximum atomic E-state index is 12.4. The van der Waals surface area contributed by atoms with Crippen molar-refractivity contribution in [3.8, 4) is 16.5 Å². The molecule has 0 amide bonds. The molecule has 0 saturated heterocycles. The van der Waals surface area contributed by atoms with E-state index in [1.54, 1.807) is 26.0 Å². The molecular weight excluding hydrogens is 308 g/mol. The standard InChI is InChI=1S/C13H14N4O2S2/c1-9(2)11(8-14)16-21(18,19)13-12(20-17-15-13)10-6-4-3-5-7-10/h3-7,9,11,16H,1-2H3/t11-/m0/s1. The summed E-state index contributed by atoms with van der Waals surface area (Å²) < 4.78 is 30.9. The van der Waals surface area contributed by atoms with Gasteiger partial charge in [-0.3, -0.25) is 0 Å². The Morgan fingerprint density at radius 2 is 1.95 bits per heavy atom. The van der Waals surface area contributed by atoms with Gasteiger partial charge in [-0.15, -0.1) is 5.10 Å². The lowest BCUT2D eigenvalue weighted by atomic mass is 10.1. The molecule has 21 heavy (non-hydrogen) atoms. The third-order valence-electron chi connectivity index (χ3n) is 2.84. The fraction of sp³-hybridized carbons (Fsp3) is 0.308. The van der Waals surface area contributed by atoms with E-state index in [-0.39, 0.29) is 10.9 Å². The highest BCUT2D eigenvalue weighted by molar-refractivity contribution is 7.89. The molecule has 0 bridgehead atoms. The van der Waals surface area contributed by atoms with E-state index in [4.69, 9.17) is 5.26 Å². The highest BCUT2D eigenvalue weighted by Gasteiger charge is 2.28. The quantitative estimate of drug-likeness (QED) is 0.908. The molecule has 1 heterocycles. The first-order chi connectivity index (χ1) is 9.95. The number of nitrogens with zero attached hydrogens (tertiary/aromatic N) is 3. The van der Waals surface area contributed by atoms with Gasteiger partial charge >= 0.3 is 0 Å². The Morgan fingerprint density at radius 3 is 2.52 bits per heavy atom. The maximum Gasteiger partial charge on any atom is 0.262 e. The van der Waals surface area contributed by atoms with E-state index in [0.717, 1.165) is 17.1 Å². The Morgan fingerprint density at radius 1 is 1.29 bits per heavy atom. The van der Waals surface area contributed by atoms with Gasteiger partial charge in [-0.05, 0) is 23.0 Å². The summed E-state index contributed by atoms with van der Waals surface area (Å²) in [5, 5.41) is 12.6. The molecule has 1 aromatic carbocycles. The van der Waals surface area contributed by atoms with Crippen molar-refractivity contribution in [1.29, 1.82) is 5.26 Å². The second kappa shape index (κ2) is 6.30. The summed E-state index contributed by atoms with van der Waals surface area (Å²) >= 11 is 1.01. The summed E-state index contributed by atoms with van der Waals surface area (Å²) in [6.07, 6.45) is 0. The van der Waals surface area contributed by atoms with Crippen molar-refractivity contribution in [1.82, 2.24) is 14.3 Å². The molecule has 8 heteroatoms. The summed E-state index contributed by atoms with van der Waals surface area (Å²) in [5.74, 6) is -0.142. The van der Waals surface area contributed by atoms with E-state index < -0.39 is 16.1 Å². The largest absolute Gasteiger partial charge is 0.262 e. The smallest absolute Gasteiger partial charge is 0.205 e. The fourth-order valence-corrected chi connectivity index (χ4v) is 4.00. The van der Waals surface area contributed by atoms with Crippen LogP contribution in [0.15, 0.2) is 35.4 Å². The van der Waals surface area contributed by atoms with Crippen molar-refractivity contribution < 1.29 is 8.42 Å². The highest BCUT2D eigenvalue weighted by Crippen LogP contribution is 2.29. The number of nitrogens with one attached hydrogen (secondary N) is 1. The summed E-state index contributed by atoms with van der Waals surface area (Å²) in [7, 11) is -3.89. The highest BCUT2D eigenvalue weighted by atomic mass is 32.2. The summed E-state index contributed by atoms with van der Waals surface area (Å²) in [5.41, 5.74) is 0.728. The Kier molecular flexibility index (Phi) is 4.67. The Hall–Kier alpha value is -1.82. The molecule has 0 fully saturated rings. The van der Waals surface area contributed by atoms with Gasteiger partial charge in [0, 0.05) is 0 Å². The molecule has 2 aromatic rings. The van der Waals surface area contributed by atoms with Crippen LogP contribution in [0.3, 0.4) is 0 Å². The van der Waals surface area contributed by atoms with Crippen LogP contribution < -0.4 is 4.72 Å². The number of rotatable bonds is 5. The van der Waals surface area contributed by atoms with Gasteiger partial charge in [0.15, 0.2) is 0 Å². The van der Waals surface area contributed by atoms with Gasteiger partial charge in [0.05, 0.1) is 10.9 Å². The predicted molar refractivity (Wildman–Crippen MR) is 79.9 cm³/mol. The lowest BCUT2D eigenvalue weighted by Gasteiger charge is -2.14.